The van der Waals surface area contributed by atoms with Gasteiger partial charge in [-0.25, -0.2) is 0 Å². The molecule has 1 saturated carbocycles. The first-order valence-electron chi connectivity index (χ1n) is 10.1. The molecule has 1 fully saturated rings. The maximum atomic E-state index is 4.41. The summed E-state index contributed by atoms with van der Waals surface area (Å²) in [6.07, 6.45) is 7.84. The molecule has 2 heterocycles. The van der Waals surface area contributed by atoms with Crippen molar-refractivity contribution in [2.24, 2.45) is 4.99 Å². The normalized spacial score (nSPS) is 15.8. The van der Waals surface area contributed by atoms with Crippen LogP contribution in [-0.2, 0) is 11.8 Å². The smallest absolute Gasteiger partial charge is 0.191 e. The topological polar surface area (TPSA) is 66.6 Å². The highest BCUT2D eigenvalue weighted by atomic mass is 127. The van der Waals surface area contributed by atoms with Crippen molar-refractivity contribution in [3.05, 3.63) is 66.1 Å². The fourth-order valence-corrected chi connectivity index (χ4v) is 4.24. The Hall–Kier alpha value is -2.16. The van der Waals surface area contributed by atoms with Crippen molar-refractivity contribution in [1.82, 2.24) is 25.2 Å². The number of benzene rings is 1. The summed E-state index contributed by atoms with van der Waals surface area (Å²) in [4.78, 5) is 4.41. The molecule has 1 aliphatic rings. The van der Waals surface area contributed by atoms with Crippen molar-refractivity contribution in [3.63, 3.8) is 0 Å². The van der Waals surface area contributed by atoms with E-state index in [1.807, 2.05) is 35.8 Å². The molecular weight excluding hydrogens is 475 g/mol. The van der Waals surface area contributed by atoms with E-state index in [0.29, 0.717) is 0 Å². The molecule has 1 aliphatic carbocycles. The van der Waals surface area contributed by atoms with E-state index in [4.69, 9.17) is 0 Å². The van der Waals surface area contributed by atoms with Crippen molar-refractivity contribution in [2.45, 2.75) is 37.5 Å². The Bertz CT molecular complexity index is 931. The average molecular weight is 504 g/mol. The Morgan fingerprint density at radius 3 is 2.55 bits per heavy atom. The van der Waals surface area contributed by atoms with E-state index >= 15 is 0 Å². The van der Waals surface area contributed by atoms with Crippen LogP contribution in [0.3, 0.4) is 0 Å². The highest BCUT2D eigenvalue weighted by Crippen LogP contribution is 2.40. The van der Waals surface area contributed by atoms with E-state index in [1.54, 1.807) is 0 Å². The van der Waals surface area contributed by atoms with Crippen molar-refractivity contribution < 1.29 is 0 Å². The van der Waals surface area contributed by atoms with Gasteiger partial charge in [0.2, 0.25) is 0 Å². The standard InChI is InChI=1S/C22H28N6.HI/c1-23-21(24-15-12-20-27-26-19-11-5-8-16-28(19)20)25-17-22(13-6-7-14-22)18-9-3-2-4-10-18;/h2-5,8-11,16H,6-7,12-15,17H2,1H3,(H2,23,24,25);1H. The summed E-state index contributed by atoms with van der Waals surface area (Å²) < 4.78 is 2.03. The zero-order chi connectivity index (χ0) is 19.2. The number of nitrogens with zero attached hydrogens (tertiary/aromatic N) is 4. The Labute approximate surface area is 189 Å². The summed E-state index contributed by atoms with van der Waals surface area (Å²) in [7, 11) is 1.83. The first-order valence-corrected chi connectivity index (χ1v) is 10.1. The first-order chi connectivity index (χ1) is 13.8. The molecule has 3 aromatic rings. The monoisotopic (exact) mass is 504 g/mol. The van der Waals surface area contributed by atoms with Gasteiger partial charge in [-0.1, -0.05) is 49.2 Å². The van der Waals surface area contributed by atoms with Gasteiger partial charge < -0.3 is 10.6 Å². The van der Waals surface area contributed by atoms with E-state index in [2.05, 4.69) is 56.2 Å². The van der Waals surface area contributed by atoms with Gasteiger partial charge in [0.25, 0.3) is 0 Å². The van der Waals surface area contributed by atoms with Gasteiger partial charge in [0, 0.05) is 38.2 Å². The number of halogens is 1. The maximum Gasteiger partial charge on any atom is 0.191 e. The van der Waals surface area contributed by atoms with Crippen molar-refractivity contribution in [1.29, 1.82) is 0 Å². The fraction of sp³-hybridized carbons (Fsp3) is 0.409. The van der Waals surface area contributed by atoms with Crippen molar-refractivity contribution >= 4 is 35.6 Å². The van der Waals surface area contributed by atoms with Crippen LogP contribution in [0.1, 0.15) is 37.1 Å². The first kappa shape index (κ1) is 21.5. The summed E-state index contributed by atoms with van der Waals surface area (Å²) in [6, 6.07) is 16.8. The van der Waals surface area contributed by atoms with Crippen molar-refractivity contribution in [3.8, 4) is 0 Å². The number of pyridine rings is 1. The third-order valence-corrected chi connectivity index (χ3v) is 5.79. The zero-order valence-corrected chi connectivity index (χ0v) is 19.2. The van der Waals surface area contributed by atoms with Gasteiger partial charge >= 0.3 is 0 Å². The quantitative estimate of drug-likeness (QED) is 0.306. The zero-order valence-electron chi connectivity index (χ0n) is 16.8. The summed E-state index contributed by atoms with van der Waals surface area (Å²) in [5.41, 5.74) is 2.53. The molecule has 7 heteroatoms. The van der Waals surface area contributed by atoms with E-state index in [0.717, 1.165) is 36.9 Å². The highest BCUT2D eigenvalue weighted by Gasteiger charge is 2.35. The summed E-state index contributed by atoms with van der Waals surface area (Å²) in [6.45, 7) is 1.66. The van der Waals surface area contributed by atoms with Crippen LogP contribution in [0.25, 0.3) is 5.65 Å². The van der Waals surface area contributed by atoms with Crippen LogP contribution in [0.5, 0.6) is 0 Å². The van der Waals surface area contributed by atoms with Gasteiger partial charge in [-0.05, 0) is 30.5 Å². The molecule has 2 aromatic heterocycles. The second-order valence-corrected chi connectivity index (χ2v) is 7.50. The Kier molecular flexibility index (Phi) is 7.46. The second kappa shape index (κ2) is 10.0. The van der Waals surface area contributed by atoms with Crippen molar-refractivity contribution in [2.75, 3.05) is 20.1 Å². The predicted octanol–water partition coefficient (Wildman–Crippen LogP) is 3.57. The molecule has 1 aromatic carbocycles. The number of rotatable bonds is 6. The summed E-state index contributed by atoms with van der Waals surface area (Å²) in [5.74, 6) is 1.80. The molecule has 0 spiro atoms. The number of hydrogen-bond acceptors (Lipinski definition) is 3. The van der Waals surface area contributed by atoms with Gasteiger partial charge in [-0.2, -0.15) is 0 Å². The molecule has 29 heavy (non-hydrogen) atoms. The van der Waals surface area contributed by atoms with Crippen LogP contribution in [0.4, 0.5) is 0 Å². The molecule has 0 bridgehead atoms. The highest BCUT2D eigenvalue weighted by molar-refractivity contribution is 14.0. The molecule has 0 unspecified atom stereocenters. The summed E-state index contributed by atoms with van der Waals surface area (Å²) >= 11 is 0. The molecule has 0 radical (unpaired) electrons. The van der Waals surface area contributed by atoms with E-state index in [-0.39, 0.29) is 29.4 Å². The number of nitrogens with one attached hydrogen (secondary N) is 2. The molecular formula is C22H29IN6. The SMILES string of the molecule is CN=C(NCCc1nnc2ccccn12)NCC1(c2ccccc2)CCCC1.I. The predicted molar refractivity (Wildman–Crippen MR) is 128 cm³/mol. The second-order valence-electron chi connectivity index (χ2n) is 7.50. The lowest BCUT2D eigenvalue weighted by molar-refractivity contribution is 0.432. The Morgan fingerprint density at radius 2 is 1.79 bits per heavy atom. The third kappa shape index (κ3) is 4.88. The Morgan fingerprint density at radius 1 is 1.03 bits per heavy atom. The van der Waals surface area contributed by atoms with Gasteiger partial charge in [0.05, 0.1) is 0 Å². The number of guanidine groups is 1. The lowest BCUT2D eigenvalue weighted by Crippen LogP contribution is -2.45. The lowest BCUT2D eigenvalue weighted by atomic mass is 9.79. The molecule has 0 aliphatic heterocycles. The van der Waals surface area contributed by atoms with Gasteiger partial charge in [-0.15, -0.1) is 34.2 Å². The number of aromatic nitrogens is 3. The summed E-state index contributed by atoms with van der Waals surface area (Å²) in [5, 5.41) is 15.5. The molecule has 0 amide bonds. The minimum atomic E-state index is 0. The molecule has 0 saturated heterocycles. The van der Waals surface area contributed by atoms with E-state index < -0.39 is 0 Å². The minimum absolute atomic E-state index is 0. The van der Waals surface area contributed by atoms with Gasteiger partial charge in [-0.3, -0.25) is 9.39 Å². The number of aliphatic imine (C=N–C) groups is 1. The van der Waals surface area contributed by atoms with E-state index in [9.17, 15) is 0 Å². The van der Waals surface area contributed by atoms with Gasteiger partial charge in [0.1, 0.15) is 5.82 Å². The number of hydrogen-bond donors (Lipinski definition) is 2. The third-order valence-electron chi connectivity index (χ3n) is 5.79. The van der Waals surface area contributed by atoms with E-state index in [1.165, 1.54) is 31.2 Å². The largest absolute Gasteiger partial charge is 0.356 e. The molecule has 154 valence electrons. The molecule has 4 rings (SSSR count). The van der Waals surface area contributed by atoms with Crippen LogP contribution in [0.2, 0.25) is 0 Å². The van der Waals surface area contributed by atoms with Crippen LogP contribution in [0, 0.1) is 0 Å². The molecule has 6 nitrogen and oxygen atoms in total. The van der Waals surface area contributed by atoms with Crippen LogP contribution < -0.4 is 10.6 Å². The lowest BCUT2D eigenvalue weighted by Gasteiger charge is -2.30. The molecule has 2 N–H and O–H groups in total. The van der Waals surface area contributed by atoms with Crippen LogP contribution >= 0.6 is 24.0 Å². The van der Waals surface area contributed by atoms with Crippen LogP contribution in [-0.4, -0.2) is 40.7 Å². The number of fused-ring (bicyclic) bond motifs is 1. The maximum absolute atomic E-state index is 4.41. The average Bonchev–Trinajstić information content (AvgIpc) is 3.39. The van der Waals surface area contributed by atoms with Crippen LogP contribution in [0.15, 0.2) is 59.7 Å². The van der Waals surface area contributed by atoms with Gasteiger partial charge in [0.15, 0.2) is 11.6 Å². The minimum Gasteiger partial charge on any atom is -0.356 e. The fourth-order valence-electron chi connectivity index (χ4n) is 4.24. The Balaban J connectivity index is 0.00000240. The molecule has 0 atom stereocenters.